The van der Waals surface area contributed by atoms with E-state index >= 15 is 0 Å². The summed E-state index contributed by atoms with van der Waals surface area (Å²) in [5.41, 5.74) is 8.69. The van der Waals surface area contributed by atoms with Crippen LogP contribution in [0.3, 0.4) is 0 Å². The van der Waals surface area contributed by atoms with Crippen LogP contribution in [0.4, 0.5) is 11.5 Å². The highest BCUT2D eigenvalue weighted by Gasteiger charge is 2.39. The van der Waals surface area contributed by atoms with Gasteiger partial charge in [0, 0.05) is 18.3 Å². The lowest BCUT2D eigenvalue weighted by atomic mass is 10.1. The maximum absolute atomic E-state index is 13.9. The Hall–Kier alpha value is -5.22. The number of hydrogen-bond donors (Lipinski definition) is 2. The Morgan fingerprint density at radius 2 is 1.62 bits per heavy atom. The van der Waals surface area contributed by atoms with Gasteiger partial charge in [-0.2, -0.15) is 0 Å². The lowest BCUT2D eigenvalue weighted by Crippen LogP contribution is -2.27. The lowest BCUT2D eigenvalue weighted by molar-refractivity contribution is -0.113. The Morgan fingerprint density at radius 3 is 2.29 bits per heavy atom. The third-order valence-electron chi connectivity index (χ3n) is 7.70. The Bertz CT molecular complexity index is 1820. The van der Waals surface area contributed by atoms with Crippen LogP contribution < -0.4 is 26.4 Å². The zero-order chi connectivity index (χ0) is 29.3. The van der Waals surface area contributed by atoms with E-state index in [1.54, 1.807) is 66.6 Å². The maximum Gasteiger partial charge on any atom is 0.339 e. The number of rotatable bonds is 9. The second kappa shape index (κ2) is 11.0. The summed E-state index contributed by atoms with van der Waals surface area (Å²) in [6.45, 7) is 0. The van der Waals surface area contributed by atoms with Crippen molar-refractivity contribution >= 4 is 28.6 Å². The minimum atomic E-state index is -0.354. The molecule has 0 atom stereocenters. The molecule has 0 spiro atoms. The molecule has 2 heterocycles. The Labute approximate surface area is 242 Å². The molecule has 1 amide bonds. The number of para-hydroxylation sites is 1. The van der Waals surface area contributed by atoms with Gasteiger partial charge in [-0.05, 0) is 93.0 Å². The van der Waals surface area contributed by atoms with Crippen LogP contribution in [0.15, 0.2) is 102 Å². The Balaban J connectivity index is 1.29. The number of anilines is 2. The molecular formula is C32H31N7O3. The molecule has 212 valence electrons. The lowest BCUT2D eigenvalue weighted by Gasteiger charge is -2.16. The molecule has 1 aliphatic rings. The number of aromatic nitrogens is 4. The fourth-order valence-corrected chi connectivity index (χ4v) is 4.96. The number of nitrogen functional groups attached to an aromatic ring is 1. The zero-order valence-corrected chi connectivity index (χ0v) is 23.4. The van der Waals surface area contributed by atoms with Gasteiger partial charge in [0.15, 0.2) is 11.5 Å². The van der Waals surface area contributed by atoms with Crippen molar-refractivity contribution in [2.45, 2.75) is 24.8 Å². The van der Waals surface area contributed by atoms with Gasteiger partial charge in [0.1, 0.15) is 23.3 Å². The highest BCUT2D eigenvalue weighted by molar-refractivity contribution is 6.01. The van der Waals surface area contributed by atoms with Crippen LogP contribution in [0.25, 0.3) is 22.5 Å². The van der Waals surface area contributed by atoms with Crippen molar-refractivity contribution < 1.29 is 9.53 Å². The fourth-order valence-electron chi connectivity index (χ4n) is 4.96. The highest BCUT2D eigenvalue weighted by atomic mass is 16.5. The van der Waals surface area contributed by atoms with E-state index < -0.39 is 0 Å². The number of amides is 1. The number of carbonyl (C=O) groups excluding carboxylic acids is 1. The van der Waals surface area contributed by atoms with Gasteiger partial charge in [0.2, 0.25) is 5.91 Å². The minimum Gasteiger partial charge on any atom is -0.457 e. The van der Waals surface area contributed by atoms with Crippen molar-refractivity contribution in [3.05, 3.63) is 108 Å². The first-order valence-electron chi connectivity index (χ1n) is 13.7. The van der Waals surface area contributed by atoms with Crippen molar-refractivity contribution in [2.24, 2.45) is 0 Å². The van der Waals surface area contributed by atoms with Gasteiger partial charge in [-0.15, -0.1) is 0 Å². The normalized spacial score (nSPS) is 13.9. The summed E-state index contributed by atoms with van der Waals surface area (Å²) in [7, 11) is 3.68. The predicted molar refractivity (Wildman–Crippen MR) is 164 cm³/mol. The molecule has 42 heavy (non-hydrogen) atoms. The van der Waals surface area contributed by atoms with Gasteiger partial charge in [-0.1, -0.05) is 24.3 Å². The van der Waals surface area contributed by atoms with Gasteiger partial charge in [0.25, 0.3) is 0 Å². The summed E-state index contributed by atoms with van der Waals surface area (Å²) in [5, 5.41) is 3.32. The SMILES string of the molecule is CNC1(C/C=C/C(=O)N(C)c2ccc(-n3c(=O)n(-c4ccc(Oc5ccccc5)cc4)c4c(N)ncnc43)cc2)CC1. The zero-order valence-electron chi connectivity index (χ0n) is 23.4. The van der Waals surface area contributed by atoms with E-state index in [2.05, 4.69) is 15.3 Å². The first kappa shape index (κ1) is 27.0. The van der Waals surface area contributed by atoms with Crippen molar-refractivity contribution in [3.63, 3.8) is 0 Å². The second-order valence-electron chi connectivity index (χ2n) is 10.3. The number of carbonyl (C=O) groups is 1. The molecule has 0 saturated heterocycles. The molecule has 5 aromatic rings. The van der Waals surface area contributed by atoms with Crippen LogP contribution >= 0.6 is 0 Å². The average molecular weight is 562 g/mol. The molecule has 10 nitrogen and oxygen atoms in total. The van der Waals surface area contributed by atoms with Crippen molar-refractivity contribution in [1.29, 1.82) is 0 Å². The molecule has 0 radical (unpaired) electrons. The van der Waals surface area contributed by atoms with E-state index in [4.69, 9.17) is 10.5 Å². The quantitative estimate of drug-likeness (QED) is 0.252. The molecule has 1 fully saturated rings. The monoisotopic (exact) mass is 561 g/mol. The molecule has 3 N–H and O–H groups in total. The molecule has 6 rings (SSSR count). The number of likely N-dealkylation sites (N-methyl/N-ethyl adjacent to an activating group) is 1. The van der Waals surface area contributed by atoms with Crippen LogP contribution in [0.2, 0.25) is 0 Å². The summed E-state index contributed by atoms with van der Waals surface area (Å²) in [5.74, 6) is 1.40. The molecule has 1 saturated carbocycles. The minimum absolute atomic E-state index is 0.122. The van der Waals surface area contributed by atoms with Gasteiger partial charge in [0.05, 0.1) is 11.4 Å². The topological polar surface area (TPSA) is 120 Å². The van der Waals surface area contributed by atoms with Gasteiger partial charge < -0.3 is 20.7 Å². The summed E-state index contributed by atoms with van der Waals surface area (Å²) >= 11 is 0. The molecule has 2 aromatic heterocycles. The van der Waals surface area contributed by atoms with E-state index in [0.29, 0.717) is 39.7 Å². The average Bonchev–Trinajstić information content (AvgIpc) is 3.73. The summed E-state index contributed by atoms with van der Waals surface area (Å²) in [6, 6.07) is 23.8. The van der Waals surface area contributed by atoms with E-state index in [0.717, 1.165) is 19.3 Å². The number of nitrogens with zero attached hydrogens (tertiary/aromatic N) is 5. The van der Waals surface area contributed by atoms with Crippen LogP contribution in [-0.4, -0.2) is 44.6 Å². The number of hydrogen-bond acceptors (Lipinski definition) is 7. The third kappa shape index (κ3) is 5.15. The number of ether oxygens (including phenoxy) is 1. The number of imidazole rings is 1. The van der Waals surface area contributed by atoms with Crippen LogP contribution in [0.5, 0.6) is 11.5 Å². The molecule has 3 aromatic carbocycles. The highest BCUT2D eigenvalue weighted by Crippen LogP contribution is 2.38. The second-order valence-corrected chi connectivity index (χ2v) is 10.3. The summed E-state index contributed by atoms with van der Waals surface area (Å²) in [4.78, 5) is 36.7. The largest absolute Gasteiger partial charge is 0.457 e. The first-order chi connectivity index (χ1) is 20.4. The third-order valence-corrected chi connectivity index (χ3v) is 7.70. The van der Waals surface area contributed by atoms with Gasteiger partial charge >= 0.3 is 5.69 Å². The molecular weight excluding hydrogens is 530 g/mol. The van der Waals surface area contributed by atoms with Crippen molar-refractivity contribution in [2.75, 3.05) is 24.7 Å². The smallest absolute Gasteiger partial charge is 0.339 e. The van der Waals surface area contributed by atoms with Crippen LogP contribution in [0.1, 0.15) is 19.3 Å². The standard InChI is InChI=1S/C32H31N7O3/c1-34-32(19-20-32)18-6-9-27(40)37(2)22-10-12-24(13-11-22)39-30-28(29(33)35-21-36-30)38(31(39)41)23-14-16-26(17-15-23)42-25-7-4-3-5-8-25/h3-17,21,34H,18-20H2,1-2H3,(H2,33,35,36)/b9-6+. The molecule has 10 heteroatoms. The maximum atomic E-state index is 13.9. The van der Waals surface area contributed by atoms with Gasteiger partial charge in [-0.3, -0.25) is 9.36 Å². The first-order valence-corrected chi connectivity index (χ1v) is 13.7. The van der Waals surface area contributed by atoms with Crippen molar-refractivity contribution in [1.82, 2.24) is 24.4 Å². The predicted octanol–water partition coefficient (Wildman–Crippen LogP) is 4.61. The van der Waals surface area contributed by atoms with E-state index in [-0.39, 0.29) is 23.0 Å². The van der Waals surface area contributed by atoms with E-state index in [9.17, 15) is 9.59 Å². The molecule has 0 bridgehead atoms. The molecule has 0 unspecified atom stereocenters. The number of nitrogens with one attached hydrogen (secondary N) is 1. The van der Waals surface area contributed by atoms with E-state index in [1.807, 2.05) is 43.5 Å². The Kier molecular flexibility index (Phi) is 7.05. The Morgan fingerprint density at radius 1 is 0.976 bits per heavy atom. The molecule has 0 aliphatic heterocycles. The summed E-state index contributed by atoms with van der Waals surface area (Å²) in [6.07, 6.45) is 7.94. The number of fused-ring (bicyclic) bond motifs is 1. The van der Waals surface area contributed by atoms with Gasteiger partial charge in [-0.25, -0.2) is 19.3 Å². The molecule has 1 aliphatic carbocycles. The van der Waals surface area contributed by atoms with E-state index in [1.165, 1.54) is 15.5 Å². The fraction of sp³-hybridized carbons (Fsp3) is 0.188. The van der Waals surface area contributed by atoms with Crippen LogP contribution in [0, 0.1) is 0 Å². The van der Waals surface area contributed by atoms with Crippen LogP contribution in [-0.2, 0) is 4.79 Å². The number of benzene rings is 3. The number of nitrogens with two attached hydrogens (primary N) is 1. The van der Waals surface area contributed by atoms with Crippen molar-refractivity contribution in [3.8, 4) is 22.9 Å². The summed E-state index contributed by atoms with van der Waals surface area (Å²) < 4.78 is 8.88.